The van der Waals surface area contributed by atoms with Crippen molar-refractivity contribution in [2.45, 2.75) is 6.42 Å². The summed E-state index contributed by atoms with van der Waals surface area (Å²) in [6, 6.07) is 51.3. The van der Waals surface area contributed by atoms with Gasteiger partial charge in [0, 0.05) is 52.8 Å². The number of hydrogen-bond acceptors (Lipinski definition) is 4. The Morgan fingerprint density at radius 3 is 1.77 bits per heavy atom. The van der Waals surface area contributed by atoms with Crippen LogP contribution in [0.15, 0.2) is 188 Å². The van der Waals surface area contributed by atoms with Gasteiger partial charge < -0.3 is 5.32 Å². The molecule has 7 aromatic rings. The fourth-order valence-electron chi connectivity index (χ4n) is 7.20. The lowest BCUT2D eigenvalue weighted by molar-refractivity contribution is 0.658. The van der Waals surface area contributed by atoms with Crippen LogP contribution in [0, 0.1) is 5.92 Å². The molecule has 52 heavy (non-hydrogen) atoms. The minimum Gasteiger partial charge on any atom is -0.384 e. The molecule has 4 heteroatoms. The van der Waals surface area contributed by atoms with E-state index in [1.807, 2.05) is 42.7 Å². The topological polar surface area (TPSA) is 50.7 Å². The molecule has 0 saturated carbocycles. The highest BCUT2D eigenvalue weighted by Gasteiger charge is 2.22. The van der Waals surface area contributed by atoms with Gasteiger partial charge >= 0.3 is 0 Å². The lowest BCUT2D eigenvalue weighted by atomic mass is 9.85. The van der Waals surface area contributed by atoms with Gasteiger partial charge in [-0.05, 0) is 75.7 Å². The van der Waals surface area contributed by atoms with E-state index in [1.165, 1.54) is 22.4 Å². The number of nitrogens with one attached hydrogen (secondary N) is 1. The van der Waals surface area contributed by atoms with Crippen LogP contribution < -0.4 is 5.32 Å². The largest absolute Gasteiger partial charge is 0.384 e. The summed E-state index contributed by atoms with van der Waals surface area (Å²) in [5.41, 5.74) is 15.4. The number of rotatable bonds is 7. The summed E-state index contributed by atoms with van der Waals surface area (Å²) >= 11 is 0. The normalized spacial score (nSPS) is 14.9. The van der Waals surface area contributed by atoms with Gasteiger partial charge in [0.1, 0.15) is 0 Å². The molecule has 1 unspecified atom stereocenters. The van der Waals surface area contributed by atoms with E-state index in [9.17, 15) is 0 Å². The highest BCUT2D eigenvalue weighted by atomic mass is 14.9. The highest BCUT2D eigenvalue weighted by molar-refractivity contribution is 5.86. The van der Waals surface area contributed by atoms with Crippen LogP contribution in [0.4, 0.5) is 0 Å². The molecule has 0 saturated heterocycles. The predicted octanol–water partition coefficient (Wildman–Crippen LogP) is 11.3. The average Bonchev–Trinajstić information content (AvgIpc) is 3.24. The second kappa shape index (κ2) is 13.9. The maximum atomic E-state index is 5.24. The number of benzene rings is 5. The second-order valence-corrected chi connectivity index (χ2v) is 13.3. The molecule has 1 atom stereocenters. The first-order valence-corrected chi connectivity index (χ1v) is 17.8. The zero-order chi connectivity index (χ0) is 34.7. The summed E-state index contributed by atoms with van der Waals surface area (Å²) in [4.78, 5) is 14.7. The Morgan fingerprint density at radius 1 is 0.481 bits per heavy atom. The van der Waals surface area contributed by atoms with Crippen LogP contribution >= 0.6 is 0 Å². The third-order valence-electron chi connectivity index (χ3n) is 9.91. The summed E-state index contributed by atoms with van der Waals surface area (Å²) in [7, 11) is 0. The number of hydrogen-bond donors (Lipinski definition) is 1. The van der Waals surface area contributed by atoms with E-state index in [4.69, 9.17) is 9.97 Å². The van der Waals surface area contributed by atoms with Gasteiger partial charge in [-0.25, -0.2) is 9.97 Å². The average molecular weight is 669 g/mol. The monoisotopic (exact) mass is 668 g/mol. The Morgan fingerprint density at radius 2 is 1.06 bits per heavy atom. The first-order chi connectivity index (χ1) is 25.7. The van der Waals surface area contributed by atoms with Crippen LogP contribution in [0.25, 0.3) is 72.9 Å². The third kappa shape index (κ3) is 6.38. The molecule has 248 valence electrons. The van der Waals surface area contributed by atoms with Crippen molar-refractivity contribution in [3.05, 3.63) is 194 Å². The van der Waals surface area contributed by atoms with Gasteiger partial charge in [-0.3, -0.25) is 4.98 Å². The Labute approximate surface area is 304 Å². The molecule has 1 N–H and O–H groups in total. The molecule has 4 nitrogen and oxygen atoms in total. The van der Waals surface area contributed by atoms with Crippen molar-refractivity contribution in [2.24, 2.45) is 5.92 Å². The van der Waals surface area contributed by atoms with Crippen LogP contribution in [0.5, 0.6) is 0 Å². The second-order valence-electron chi connectivity index (χ2n) is 13.3. The standard InChI is InChI=1S/C48H36N4/c1-3-10-33(11-4-1)34-22-24-37(25-23-34)45-31-46(52-48(51-45)39-12-5-2-6-13-39)43-29-41(36-20-18-35(19-21-36)40-16-8-26-49-32-40)28-42(30-43)44-17-7-14-38-15-9-27-50-47(38)44/h1-13,15-26,28-32,38,50H,14,27H2. The molecule has 5 aromatic carbocycles. The Kier molecular flexibility index (Phi) is 8.40. The number of pyridine rings is 1. The van der Waals surface area contributed by atoms with Gasteiger partial charge in [0.2, 0.25) is 0 Å². The van der Waals surface area contributed by atoms with Gasteiger partial charge in [0.05, 0.1) is 11.4 Å². The van der Waals surface area contributed by atoms with E-state index in [-0.39, 0.29) is 0 Å². The quantitative estimate of drug-likeness (QED) is 0.172. The zero-order valence-electron chi connectivity index (χ0n) is 28.7. The Balaban J connectivity index is 1.20. The fraction of sp³-hybridized carbons (Fsp3) is 0.0625. The minimum absolute atomic E-state index is 0.355. The van der Waals surface area contributed by atoms with E-state index >= 15 is 0 Å². The van der Waals surface area contributed by atoms with Crippen molar-refractivity contribution in [1.82, 2.24) is 20.3 Å². The van der Waals surface area contributed by atoms with Crippen molar-refractivity contribution >= 4 is 5.57 Å². The lowest BCUT2D eigenvalue weighted by Gasteiger charge is -2.27. The first kappa shape index (κ1) is 31.3. The molecule has 0 radical (unpaired) electrons. The van der Waals surface area contributed by atoms with Crippen LogP contribution in [0.2, 0.25) is 0 Å². The molecule has 0 spiro atoms. The maximum Gasteiger partial charge on any atom is 0.160 e. The molecule has 1 aliphatic carbocycles. The van der Waals surface area contributed by atoms with Gasteiger partial charge in [-0.15, -0.1) is 0 Å². The van der Waals surface area contributed by atoms with Crippen molar-refractivity contribution in [3.8, 4) is 67.3 Å². The van der Waals surface area contributed by atoms with Crippen molar-refractivity contribution in [1.29, 1.82) is 0 Å². The van der Waals surface area contributed by atoms with Crippen LogP contribution in [0.3, 0.4) is 0 Å². The van der Waals surface area contributed by atoms with Crippen LogP contribution in [0.1, 0.15) is 12.0 Å². The summed E-state index contributed by atoms with van der Waals surface area (Å²) < 4.78 is 0. The van der Waals surface area contributed by atoms with Crippen molar-refractivity contribution in [2.75, 3.05) is 6.54 Å². The van der Waals surface area contributed by atoms with Crippen molar-refractivity contribution in [3.63, 3.8) is 0 Å². The molecule has 0 bridgehead atoms. The summed E-state index contributed by atoms with van der Waals surface area (Å²) in [5, 5.41) is 3.70. The number of nitrogens with zero attached hydrogens (tertiary/aromatic N) is 3. The first-order valence-electron chi connectivity index (χ1n) is 17.8. The van der Waals surface area contributed by atoms with Crippen LogP contribution in [-0.4, -0.2) is 21.5 Å². The highest BCUT2D eigenvalue weighted by Crippen LogP contribution is 2.38. The molecule has 0 fully saturated rings. The number of allylic oxidation sites excluding steroid dienone is 4. The summed E-state index contributed by atoms with van der Waals surface area (Å²) in [6.45, 7) is 0.838. The number of aromatic nitrogens is 3. The minimum atomic E-state index is 0.355. The van der Waals surface area contributed by atoms with Crippen molar-refractivity contribution < 1.29 is 0 Å². The van der Waals surface area contributed by atoms with E-state index in [0.29, 0.717) is 11.7 Å². The number of fused-ring (bicyclic) bond motifs is 1. The molecule has 2 aromatic heterocycles. The van der Waals surface area contributed by atoms with Gasteiger partial charge in [-0.1, -0.05) is 140 Å². The Hall–Kier alpha value is -6.65. The molecule has 2 aliphatic rings. The predicted molar refractivity (Wildman–Crippen MR) is 214 cm³/mol. The van der Waals surface area contributed by atoms with E-state index < -0.39 is 0 Å². The third-order valence-corrected chi connectivity index (χ3v) is 9.91. The van der Waals surface area contributed by atoms with E-state index in [0.717, 1.165) is 68.9 Å². The molecule has 1 aliphatic heterocycles. The Bertz CT molecular complexity index is 2450. The molecule has 0 amide bonds. The molecule has 9 rings (SSSR count). The van der Waals surface area contributed by atoms with E-state index in [1.54, 1.807) is 0 Å². The molecular weight excluding hydrogens is 633 g/mol. The molecule has 3 heterocycles. The lowest BCUT2D eigenvalue weighted by Crippen LogP contribution is -2.26. The maximum absolute atomic E-state index is 5.24. The van der Waals surface area contributed by atoms with Gasteiger partial charge in [-0.2, -0.15) is 0 Å². The van der Waals surface area contributed by atoms with Gasteiger partial charge in [0.15, 0.2) is 5.82 Å². The molecular formula is C48H36N4. The summed E-state index contributed by atoms with van der Waals surface area (Å²) in [5.74, 6) is 1.06. The van der Waals surface area contributed by atoms with Crippen LogP contribution in [-0.2, 0) is 0 Å². The fourth-order valence-corrected chi connectivity index (χ4v) is 7.20. The zero-order valence-corrected chi connectivity index (χ0v) is 28.7. The summed E-state index contributed by atoms with van der Waals surface area (Å²) in [6.07, 6.45) is 13.9. The smallest absolute Gasteiger partial charge is 0.160 e. The van der Waals surface area contributed by atoms with E-state index in [2.05, 4.69) is 150 Å². The SMILES string of the molecule is C1=CC2CC=CC(c3cc(-c4ccc(-c5cccnc5)cc4)cc(-c4cc(-c5ccc(-c6ccccc6)cc5)nc(-c5ccccc5)n4)c3)=C2NC1. The van der Waals surface area contributed by atoms with Gasteiger partial charge in [0.25, 0.3) is 0 Å².